The summed E-state index contributed by atoms with van der Waals surface area (Å²) in [6.07, 6.45) is 3.86. The number of aromatic nitrogens is 1. The number of nitrogens with zero attached hydrogens (tertiary/aromatic N) is 2. The summed E-state index contributed by atoms with van der Waals surface area (Å²) in [4.78, 5) is 18.5. The maximum absolute atomic E-state index is 12.6. The first-order chi connectivity index (χ1) is 12.6. The standard InChI is InChI=1S/C20H25N3O3/c1-25-17-4-2-3-16(11-17)13-20(24)23-9-10-26-18(14-23)6-5-15-7-8-22-19(21)12-15/h2-4,7-8,11-12,18H,5-6,9-10,13-14H2,1H3,(H2,21,22). The van der Waals surface area contributed by atoms with E-state index in [4.69, 9.17) is 15.2 Å². The maximum Gasteiger partial charge on any atom is 0.227 e. The highest BCUT2D eigenvalue weighted by atomic mass is 16.5. The minimum absolute atomic E-state index is 0.0485. The van der Waals surface area contributed by atoms with Crippen LogP contribution in [0.5, 0.6) is 5.75 Å². The zero-order valence-corrected chi connectivity index (χ0v) is 15.1. The molecule has 0 aliphatic carbocycles. The van der Waals surface area contributed by atoms with Gasteiger partial charge in [-0.1, -0.05) is 12.1 Å². The molecule has 0 spiro atoms. The molecule has 1 aliphatic heterocycles. The Labute approximate surface area is 153 Å². The first kappa shape index (κ1) is 18.2. The first-order valence-electron chi connectivity index (χ1n) is 8.87. The van der Waals surface area contributed by atoms with E-state index in [0.717, 1.165) is 29.7 Å². The Kier molecular flexibility index (Phi) is 6.07. The molecule has 1 unspecified atom stereocenters. The van der Waals surface area contributed by atoms with Gasteiger partial charge < -0.3 is 20.1 Å². The van der Waals surface area contributed by atoms with Gasteiger partial charge in [0.1, 0.15) is 11.6 Å². The second-order valence-electron chi connectivity index (χ2n) is 6.49. The fourth-order valence-electron chi connectivity index (χ4n) is 3.17. The number of methoxy groups -OCH3 is 1. The van der Waals surface area contributed by atoms with Crippen molar-refractivity contribution < 1.29 is 14.3 Å². The molecule has 138 valence electrons. The number of pyridine rings is 1. The molecule has 2 heterocycles. The molecule has 1 saturated heterocycles. The van der Waals surface area contributed by atoms with Crippen LogP contribution in [-0.4, -0.2) is 48.7 Å². The Morgan fingerprint density at radius 3 is 3.04 bits per heavy atom. The molecule has 26 heavy (non-hydrogen) atoms. The number of anilines is 1. The van der Waals surface area contributed by atoms with Crippen molar-refractivity contribution >= 4 is 11.7 Å². The summed E-state index contributed by atoms with van der Waals surface area (Å²) in [6.45, 7) is 1.85. The molecule has 6 heteroatoms. The summed E-state index contributed by atoms with van der Waals surface area (Å²) in [6, 6.07) is 11.5. The number of nitrogens with two attached hydrogens (primary N) is 1. The summed E-state index contributed by atoms with van der Waals surface area (Å²) in [7, 11) is 1.63. The van der Waals surface area contributed by atoms with Crippen LogP contribution in [-0.2, 0) is 22.4 Å². The second-order valence-corrected chi connectivity index (χ2v) is 6.49. The Balaban J connectivity index is 1.53. The van der Waals surface area contributed by atoms with Crippen LogP contribution in [0.1, 0.15) is 17.5 Å². The molecular weight excluding hydrogens is 330 g/mol. The van der Waals surface area contributed by atoms with Crippen molar-refractivity contribution in [2.75, 3.05) is 32.5 Å². The smallest absolute Gasteiger partial charge is 0.227 e. The van der Waals surface area contributed by atoms with Crippen LogP contribution in [0.15, 0.2) is 42.6 Å². The lowest BCUT2D eigenvalue weighted by Gasteiger charge is -2.33. The van der Waals surface area contributed by atoms with Gasteiger partial charge in [0.25, 0.3) is 0 Å². The molecule has 1 fully saturated rings. The lowest BCUT2D eigenvalue weighted by atomic mass is 10.1. The number of hydrogen-bond acceptors (Lipinski definition) is 5. The van der Waals surface area contributed by atoms with Crippen molar-refractivity contribution in [3.63, 3.8) is 0 Å². The van der Waals surface area contributed by atoms with E-state index < -0.39 is 0 Å². The third kappa shape index (κ3) is 4.95. The summed E-state index contributed by atoms with van der Waals surface area (Å²) >= 11 is 0. The third-order valence-electron chi connectivity index (χ3n) is 4.58. The van der Waals surface area contributed by atoms with Crippen LogP contribution in [0, 0.1) is 0 Å². The molecule has 0 saturated carbocycles. The van der Waals surface area contributed by atoms with Gasteiger partial charge in [0.2, 0.25) is 5.91 Å². The SMILES string of the molecule is COc1cccc(CC(=O)N2CCOC(CCc3ccnc(N)c3)C2)c1. The zero-order valence-electron chi connectivity index (χ0n) is 15.1. The number of hydrogen-bond donors (Lipinski definition) is 1. The molecule has 1 amide bonds. The van der Waals surface area contributed by atoms with Crippen molar-refractivity contribution in [3.05, 3.63) is 53.7 Å². The molecule has 2 aromatic rings. The first-order valence-corrected chi connectivity index (χ1v) is 8.87. The predicted octanol–water partition coefficient (Wildman–Crippen LogP) is 2.08. The van der Waals surface area contributed by atoms with E-state index in [1.807, 2.05) is 41.3 Å². The van der Waals surface area contributed by atoms with Gasteiger partial charge in [0.05, 0.1) is 26.2 Å². The van der Waals surface area contributed by atoms with Crippen molar-refractivity contribution in [3.8, 4) is 5.75 Å². The summed E-state index contributed by atoms with van der Waals surface area (Å²) in [5.41, 5.74) is 7.82. The average molecular weight is 355 g/mol. The Morgan fingerprint density at radius 1 is 1.35 bits per heavy atom. The molecule has 0 bridgehead atoms. The summed E-state index contributed by atoms with van der Waals surface area (Å²) in [5, 5.41) is 0. The van der Waals surface area contributed by atoms with Gasteiger partial charge in [-0.25, -0.2) is 4.98 Å². The van der Waals surface area contributed by atoms with Crippen LogP contribution in [0.3, 0.4) is 0 Å². The van der Waals surface area contributed by atoms with Crippen LogP contribution >= 0.6 is 0 Å². The number of morpholine rings is 1. The number of amides is 1. The van der Waals surface area contributed by atoms with Crippen molar-refractivity contribution in [1.29, 1.82) is 0 Å². The van der Waals surface area contributed by atoms with Crippen LogP contribution < -0.4 is 10.5 Å². The van der Waals surface area contributed by atoms with E-state index in [9.17, 15) is 4.79 Å². The largest absolute Gasteiger partial charge is 0.497 e. The maximum atomic E-state index is 12.6. The van der Waals surface area contributed by atoms with E-state index in [1.165, 1.54) is 0 Å². The number of aryl methyl sites for hydroxylation is 1. The number of carbonyl (C=O) groups excluding carboxylic acids is 1. The van der Waals surface area contributed by atoms with E-state index >= 15 is 0 Å². The zero-order chi connectivity index (χ0) is 18.4. The van der Waals surface area contributed by atoms with E-state index in [0.29, 0.717) is 31.9 Å². The van der Waals surface area contributed by atoms with Gasteiger partial charge in [0.15, 0.2) is 0 Å². The Bertz CT molecular complexity index is 751. The average Bonchev–Trinajstić information content (AvgIpc) is 2.67. The Morgan fingerprint density at radius 2 is 2.23 bits per heavy atom. The monoisotopic (exact) mass is 355 g/mol. The second kappa shape index (κ2) is 8.67. The van der Waals surface area contributed by atoms with Gasteiger partial charge in [0, 0.05) is 19.3 Å². The number of carbonyl (C=O) groups is 1. The van der Waals surface area contributed by atoms with Gasteiger partial charge in [-0.2, -0.15) is 0 Å². The number of rotatable bonds is 6. The van der Waals surface area contributed by atoms with Gasteiger partial charge in [-0.05, 0) is 48.2 Å². The Hall–Kier alpha value is -2.60. The molecule has 6 nitrogen and oxygen atoms in total. The number of benzene rings is 1. The lowest BCUT2D eigenvalue weighted by Crippen LogP contribution is -2.46. The predicted molar refractivity (Wildman–Crippen MR) is 100.0 cm³/mol. The highest BCUT2D eigenvalue weighted by Crippen LogP contribution is 2.17. The topological polar surface area (TPSA) is 77.7 Å². The van der Waals surface area contributed by atoms with Crippen LogP contribution in [0.25, 0.3) is 0 Å². The van der Waals surface area contributed by atoms with Gasteiger partial charge in [-0.3, -0.25) is 4.79 Å². The van der Waals surface area contributed by atoms with Crippen molar-refractivity contribution in [2.24, 2.45) is 0 Å². The third-order valence-corrected chi connectivity index (χ3v) is 4.58. The minimum atomic E-state index is 0.0485. The highest BCUT2D eigenvalue weighted by molar-refractivity contribution is 5.79. The van der Waals surface area contributed by atoms with Gasteiger partial charge >= 0.3 is 0 Å². The summed E-state index contributed by atoms with van der Waals surface area (Å²) in [5.74, 6) is 1.42. The lowest BCUT2D eigenvalue weighted by molar-refractivity contribution is -0.138. The molecule has 0 radical (unpaired) electrons. The fraction of sp³-hybridized carbons (Fsp3) is 0.400. The quantitative estimate of drug-likeness (QED) is 0.858. The number of ether oxygens (including phenoxy) is 2. The van der Waals surface area contributed by atoms with Gasteiger partial charge in [-0.15, -0.1) is 0 Å². The van der Waals surface area contributed by atoms with Crippen LogP contribution in [0.2, 0.25) is 0 Å². The van der Waals surface area contributed by atoms with E-state index in [-0.39, 0.29) is 12.0 Å². The normalized spacial score (nSPS) is 17.1. The van der Waals surface area contributed by atoms with Crippen molar-refractivity contribution in [1.82, 2.24) is 9.88 Å². The molecule has 1 atom stereocenters. The molecule has 3 rings (SSSR count). The van der Waals surface area contributed by atoms with E-state index in [1.54, 1.807) is 13.3 Å². The molecule has 1 aromatic heterocycles. The fourth-order valence-corrected chi connectivity index (χ4v) is 3.17. The minimum Gasteiger partial charge on any atom is -0.497 e. The van der Waals surface area contributed by atoms with Crippen molar-refractivity contribution in [2.45, 2.75) is 25.4 Å². The molecular formula is C20H25N3O3. The van der Waals surface area contributed by atoms with Crippen LogP contribution in [0.4, 0.5) is 5.82 Å². The summed E-state index contributed by atoms with van der Waals surface area (Å²) < 4.78 is 11.1. The molecule has 2 N–H and O–H groups in total. The molecule has 1 aliphatic rings. The highest BCUT2D eigenvalue weighted by Gasteiger charge is 2.24. The van der Waals surface area contributed by atoms with E-state index in [2.05, 4.69) is 4.98 Å². The number of nitrogen functional groups attached to an aromatic ring is 1. The molecule has 1 aromatic carbocycles.